The molecule has 0 bridgehead atoms. The number of aromatic nitrogens is 3. The first-order valence-corrected chi connectivity index (χ1v) is 11.8. The van der Waals surface area contributed by atoms with Crippen LogP contribution in [0.1, 0.15) is 17.5 Å². The zero-order valence-corrected chi connectivity index (χ0v) is 20.1. The molecule has 4 aromatic rings. The summed E-state index contributed by atoms with van der Waals surface area (Å²) in [7, 11) is 0. The molecule has 0 saturated carbocycles. The molecule has 180 valence electrons. The summed E-state index contributed by atoms with van der Waals surface area (Å²) in [5, 5.41) is 9.62. The average molecular weight is 514 g/mol. The fourth-order valence-electron chi connectivity index (χ4n) is 3.87. The van der Waals surface area contributed by atoms with Gasteiger partial charge in [0.15, 0.2) is 40.1 Å². The van der Waals surface area contributed by atoms with Crippen molar-refractivity contribution in [3.8, 4) is 28.7 Å². The van der Waals surface area contributed by atoms with E-state index in [9.17, 15) is 4.39 Å². The van der Waals surface area contributed by atoms with Gasteiger partial charge in [0.05, 0.1) is 5.69 Å². The molecule has 0 radical (unpaired) electrons. The summed E-state index contributed by atoms with van der Waals surface area (Å²) in [5.74, 6) is 3.71. The predicted molar refractivity (Wildman–Crippen MR) is 131 cm³/mol. The Balaban J connectivity index is 0.00000253. The number of thioether (sulfide) groups is 1. The zero-order chi connectivity index (χ0) is 22.9. The van der Waals surface area contributed by atoms with E-state index < -0.39 is 6.10 Å². The van der Waals surface area contributed by atoms with Crippen molar-refractivity contribution in [1.82, 2.24) is 14.8 Å². The molecule has 1 aromatic heterocycles. The second kappa shape index (κ2) is 10.1. The van der Waals surface area contributed by atoms with Crippen LogP contribution in [0.3, 0.4) is 0 Å². The third kappa shape index (κ3) is 4.74. The Morgan fingerprint density at radius 2 is 1.60 bits per heavy atom. The van der Waals surface area contributed by atoms with E-state index >= 15 is 0 Å². The van der Waals surface area contributed by atoms with E-state index in [-0.39, 0.29) is 18.2 Å². The zero-order valence-electron chi connectivity index (χ0n) is 18.4. The second-order valence-electron chi connectivity index (χ2n) is 7.78. The van der Waals surface area contributed by atoms with Gasteiger partial charge >= 0.3 is 0 Å². The Kier molecular flexibility index (Phi) is 6.70. The van der Waals surface area contributed by atoms with Gasteiger partial charge in [0, 0.05) is 11.8 Å². The molecule has 3 aromatic carbocycles. The molecule has 0 fully saturated rings. The third-order valence-electron chi connectivity index (χ3n) is 5.52. The van der Waals surface area contributed by atoms with Crippen LogP contribution in [-0.4, -0.2) is 34.6 Å². The van der Waals surface area contributed by atoms with Gasteiger partial charge < -0.3 is 18.9 Å². The summed E-state index contributed by atoms with van der Waals surface area (Å²) in [6.45, 7) is 1.33. The second-order valence-corrected chi connectivity index (χ2v) is 8.73. The van der Waals surface area contributed by atoms with Gasteiger partial charge in [-0.3, -0.25) is 4.57 Å². The van der Waals surface area contributed by atoms with Crippen molar-refractivity contribution in [2.45, 2.75) is 17.0 Å². The minimum absolute atomic E-state index is 0. The van der Waals surface area contributed by atoms with Crippen LogP contribution in [0.4, 0.5) is 4.39 Å². The van der Waals surface area contributed by atoms with E-state index in [2.05, 4.69) is 10.2 Å². The molecule has 0 amide bonds. The van der Waals surface area contributed by atoms with Crippen molar-refractivity contribution in [2.75, 3.05) is 19.8 Å². The fraction of sp³-hybridized carbons (Fsp3) is 0.200. The van der Waals surface area contributed by atoms with Crippen LogP contribution in [0, 0.1) is 5.82 Å². The van der Waals surface area contributed by atoms with Gasteiger partial charge in [-0.25, -0.2) is 4.39 Å². The highest BCUT2D eigenvalue weighted by atomic mass is 35.5. The summed E-state index contributed by atoms with van der Waals surface area (Å²) in [4.78, 5) is 0. The molecule has 0 aliphatic carbocycles. The summed E-state index contributed by atoms with van der Waals surface area (Å²) in [5.41, 5.74) is 1.81. The molecule has 1 unspecified atom stereocenters. The van der Waals surface area contributed by atoms with E-state index in [1.54, 1.807) is 12.1 Å². The summed E-state index contributed by atoms with van der Waals surface area (Å²) >= 11 is 1.51. The lowest BCUT2D eigenvalue weighted by Gasteiger charge is -2.26. The molecule has 0 N–H and O–H groups in total. The molecular weight excluding hydrogens is 493 g/mol. The Bertz CT molecular complexity index is 1330. The van der Waals surface area contributed by atoms with Gasteiger partial charge in [-0.1, -0.05) is 36.0 Å². The minimum atomic E-state index is -0.448. The molecule has 0 saturated heterocycles. The SMILES string of the molecule is Cl.Fc1ccc(CSc2nnc(C3COc4ccccc4O3)n2-c2ccc3c(c2)OCCO3)cc1. The van der Waals surface area contributed by atoms with Crippen molar-refractivity contribution in [3.05, 3.63) is 83.9 Å². The van der Waals surface area contributed by atoms with Crippen LogP contribution in [0.5, 0.6) is 23.0 Å². The highest BCUT2D eigenvalue weighted by Crippen LogP contribution is 2.39. The molecule has 2 aliphatic heterocycles. The van der Waals surface area contributed by atoms with Gasteiger partial charge in [-0.2, -0.15) is 0 Å². The van der Waals surface area contributed by atoms with Gasteiger partial charge in [-0.05, 0) is 42.0 Å². The molecule has 7 nitrogen and oxygen atoms in total. The molecular formula is C25H21ClFN3O4S. The van der Waals surface area contributed by atoms with E-state index in [0.717, 1.165) is 11.3 Å². The first-order chi connectivity index (χ1) is 16.7. The van der Waals surface area contributed by atoms with Crippen molar-refractivity contribution in [2.24, 2.45) is 0 Å². The lowest BCUT2D eigenvalue weighted by atomic mass is 10.2. The maximum atomic E-state index is 13.3. The van der Waals surface area contributed by atoms with Gasteiger partial charge in [0.1, 0.15) is 25.6 Å². The predicted octanol–water partition coefficient (Wildman–Crippen LogP) is 5.40. The van der Waals surface area contributed by atoms with Gasteiger partial charge in [0.2, 0.25) is 0 Å². The van der Waals surface area contributed by atoms with Crippen LogP contribution in [-0.2, 0) is 5.75 Å². The first kappa shape index (κ1) is 23.3. The third-order valence-corrected chi connectivity index (χ3v) is 6.52. The van der Waals surface area contributed by atoms with Crippen LogP contribution in [0.25, 0.3) is 5.69 Å². The van der Waals surface area contributed by atoms with Gasteiger partial charge in [0.25, 0.3) is 0 Å². The number of hydrogen-bond acceptors (Lipinski definition) is 7. The van der Waals surface area contributed by atoms with E-state index in [1.807, 2.05) is 47.0 Å². The van der Waals surface area contributed by atoms with Crippen molar-refractivity contribution >= 4 is 24.2 Å². The summed E-state index contributed by atoms with van der Waals surface area (Å²) < 4.78 is 38.9. The van der Waals surface area contributed by atoms with Crippen LogP contribution < -0.4 is 18.9 Å². The monoisotopic (exact) mass is 513 g/mol. The maximum absolute atomic E-state index is 13.3. The maximum Gasteiger partial charge on any atom is 0.196 e. The smallest absolute Gasteiger partial charge is 0.196 e. The lowest BCUT2D eigenvalue weighted by Crippen LogP contribution is -2.24. The number of para-hydroxylation sites is 2. The summed E-state index contributed by atoms with van der Waals surface area (Å²) in [6, 6.07) is 19.7. The number of nitrogens with zero attached hydrogens (tertiary/aromatic N) is 3. The van der Waals surface area contributed by atoms with E-state index in [1.165, 1.54) is 23.9 Å². The molecule has 3 heterocycles. The normalized spacial score (nSPS) is 15.9. The number of hydrogen-bond donors (Lipinski definition) is 0. The molecule has 2 aliphatic rings. The largest absolute Gasteiger partial charge is 0.486 e. The Labute approximate surface area is 211 Å². The number of halogens is 2. The minimum Gasteiger partial charge on any atom is -0.486 e. The van der Waals surface area contributed by atoms with Crippen molar-refractivity contribution < 1.29 is 23.3 Å². The molecule has 1 atom stereocenters. The topological polar surface area (TPSA) is 67.6 Å². The lowest BCUT2D eigenvalue weighted by molar-refractivity contribution is 0.0835. The van der Waals surface area contributed by atoms with Crippen LogP contribution in [0.2, 0.25) is 0 Å². The highest BCUT2D eigenvalue weighted by Gasteiger charge is 2.29. The fourth-order valence-corrected chi connectivity index (χ4v) is 4.79. The number of rotatable bonds is 5. The number of benzene rings is 3. The van der Waals surface area contributed by atoms with Crippen molar-refractivity contribution in [3.63, 3.8) is 0 Å². The molecule has 35 heavy (non-hydrogen) atoms. The standard InChI is InChI=1S/C25H20FN3O4S.ClH/c26-17-7-5-16(6-8-17)15-34-25-28-27-24(23-14-32-19-3-1-2-4-21(19)33-23)29(25)18-9-10-20-22(13-18)31-12-11-30-20;/h1-10,13,23H,11-12,14-15H2;1H. The van der Waals surface area contributed by atoms with Crippen LogP contribution in [0.15, 0.2) is 71.9 Å². The van der Waals surface area contributed by atoms with Crippen LogP contribution >= 0.6 is 24.2 Å². The highest BCUT2D eigenvalue weighted by molar-refractivity contribution is 7.98. The molecule has 0 spiro atoms. The molecule has 6 rings (SSSR count). The van der Waals surface area contributed by atoms with Gasteiger partial charge in [-0.15, -0.1) is 22.6 Å². The Morgan fingerprint density at radius 3 is 2.43 bits per heavy atom. The Morgan fingerprint density at radius 1 is 0.857 bits per heavy atom. The van der Waals surface area contributed by atoms with E-state index in [0.29, 0.717) is 59.6 Å². The Hall–Kier alpha value is -3.43. The summed E-state index contributed by atoms with van der Waals surface area (Å²) in [6.07, 6.45) is -0.448. The quantitative estimate of drug-likeness (QED) is 0.331. The number of fused-ring (bicyclic) bond motifs is 2. The first-order valence-electron chi connectivity index (χ1n) is 10.9. The number of ether oxygens (including phenoxy) is 4. The average Bonchev–Trinajstić information content (AvgIpc) is 3.32. The van der Waals surface area contributed by atoms with Crippen molar-refractivity contribution in [1.29, 1.82) is 0 Å². The van der Waals surface area contributed by atoms with E-state index in [4.69, 9.17) is 18.9 Å². The molecule has 10 heteroatoms.